The van der Waals surface area contributed by atoms with Crippen molar-refractivity contribution in [3.05, 3.63) is 59.8 Å². The van der Waals surface area contributed by atoms with Crippen LogP contribution in [0.1, 0.15) is 11.1 Å². The molecule has 0 fully saturated rings. The van der Waals surface area contributed by atoms with Crippen LogP contribution in [0.2, 0.25) is 0 Å². The van der Waals surface area contributed by atoms with Crippen LogP contribution in [0.5, 0.6) is 5.75 Å². The summed E-state index contributed by atoms with van der Waals surface area (Å²) in [5.41, 5.74) is 3.62. The van der Waals surface area contributed by atoms with Gasteiger partial charge in [0.2, 0.25) is 5.91 Å². The number of fused-ring (bicyclic) bond motifs is 1. The van der Waals surface area contributed by atoms with Crippen molar-refractivity contribution in [3.63, 3.8) is 0 Å². The predicted molar refractivity (Wildman–Crippen MR) is 94.5 cm³/mol. The van der Waals surface area contributed by atoms with Gasteiger partial charge in [0, 0.05) is 17.3 Å². The summed E-state index contributed by atoms with van der Waals surface area (Å²) in [6, 6.07) is 13.4. The van der Waals surface area contributed by atoms with Gasteiger partial charge < -0.3 is 14.9 Å². The van der Waals surface area contributed by atoms with Gasteiger partial charge in [0.05, 0.1) is 19.0 Å². The molecule has 5 nitrogen and oxygen atoms in total. The van der Waals surface area contributed by atoms with Gasteiger partial charge in [-0.1, -0.05) is 18.2 Å². The zero-order valence-corrected chi connectivity index (χ0v) is 14.0. The molecule has 0 bridgehead atoms. The monoisotopic (exact) mass is 324 g/mol. The van der Waals surface area contributed by atoms with Gasteiger partial charge in [0.25, 0.3) is 0 Å². The van der Waals surface area contributed by atoms with E-state index in [2.05, 4.69) is 5.32 Å². The summed E-state index contributed by atoms with van der Waals surface area (Å²) < 4.78 is 6.86. The zero-order chi connectivity index (χ0) is 17.1. The van der Waals surface area contributed by atoms with Gasteiger partial charge in [0.15, 0.2) is 0 Å². The lowest BCUT2D eigenvalue weighted by Crippen LogP contribution is -2.15. The first-order chi connectivity index (χ1) is 11.6. The molecule has 0 aliphatic carbocycles. The predicted octanol–water partition coefficient (Wildman–Crippen LogP) is 3.20. The number of hydrogen-bond acceptors (Lipinski definition) is 3. The van der Waals surface area contributed by atoms with Gasteiger partial charge in [-0.15, -0.1) is 0 Å². The molecule has 0 aliphatic heterocycles. The molecule has 1 N–H and O–H groups in total. The van der Waals surface area contributed by atoms with E-state index in [1.54, 1.807) is 19.0 Å². The summed E-state index contributed by atoms with van der Waals surface area (Å²) in [7, 11) is 3.23. The van der Waals surface area contributed by atoms with Gasteiger partial charge in [-0.25, -0.2) is 0 Å². The maximum Gasteiger partial charge on any atom is 0.228 e. The molecule has 2 aromatic carbocycles. The Bertz CT molecular complexity index is 883. The van der Waals surface area contributed by atoms with Crippen molar-refractivity contribution in [1.29, 1.82) is 0 Å². The number of ether oxygens (including phenoxy) is 1. The number of aryl methyl sites for hydroxylation is 1. The fourth-order valence-electron chi connectivity index (χ4n) is 2.78. The second kappa shape index (κ2) is 6.66. The van der Waals surface area contributed by atoms with Crippen LogP contribution in [0.25, 0.3) is 10.9 Å². The van der Waals surface area contributed by atoms with E-state index in [9.17, 15) is 4.79 Å². The van der Waals surface area contributed by atoms with Crippen LogP contribution < -0.4 is 14.9 Å². The first kappa shape index (κ1) is 15.9. The van der Waals surface area contributed by atoms with Crippen molar-refractivity contribution >= 4 is 22.5 Å². The number of nitrogens with one attached hydrogen (secondary N) is 1. The Kier molecular flexibility index (Phi) is 4.42. The van der Waals surface area contributed by atoms with Crippen LogP contribution in [0.15, 0.2) is 48.7 Å². The highest BCUT2D eigenvalue weighted by Crippen LogP contribution is 2.23. The van der Waals surface area contributed by atoms with Crippen LogP contribution >= 0.6 is 0 Å². The molecule has 0 atom stereocenters. The molecule has 3 aromatic rings. The summed E-state index contributed by atoms with van der Waals surface area (Å²) >= 11 is 0. The van der Waals surface area contributed by atoms with E-state index in [0.717, 1.165) is 33.5 Å². The topological polar surface area (TPSA) is 52.5 Å². The number of hydrogen-bond donors (Lipinski definition) is 1. The zero-order valence-electron chi connectivity index (χ0n) is 14.0. The Balaban J connectivity index is 1.80. The number of aromatic nitrogens is 1. The highest BCUT2D eigenvalue weighted by Gasteiger charge is 2.13. The molecule has 0 unspecified atom stereocenters. The number of methoxy groups -OCH3 is 1. The number of carbonyl (C=O) groups is 1. The molecule has 0 radical (unpaired) electrons. The molecule has 1 aromatic heterocycles. The summed E-state index contributed by atoms with van der Waals surface area (Å²) in [5.74, 6) is 0.705. The van der Waals surface area contributed by atoms with Gasteiger partial charge in [0.1, 0.15) is 12.9 Å². The average Bonchev–Trinajstić information content (AvgIpc) is 2.94. The largest absolute Gasteiger partial charge is 0.497 e. The van der Waals surface area contributed by atoms with Gasteiger partial charge in [-0.3, -0.25) is 4.79 Å². The van der Waals surface area contributed by atoms with Crippen molar-refractivity contribution in [1.82, 2.24) is 4.73 Å². The van der Waals surface area contributed by atoms with Crippen molar-refractivity contribution in [2.24, 2.45) is 0 Å². The van der Waals surface area contributed by atoms with Crippen LogP contribution in [0.3, 0.4) is 0 Å². The first-order valence-electron chi connectivity index (χ1n) is 7.70. The number of para-hydroxylation sites is 1. The number of amides is 1. The lowest BCUT2D eigenvalue weighted by Gasteiger charge is -2.09. The van der Waals surface area contributed by atoms with Crippen LogP contribution in [0, 0.1) is 6.92 Å². The van der Waals surface area contributed by atoms with Crippen LogP contribution in [-0.2, 0) is 11.2 Å². The van der Waals surface area contributed by atoms with Crippen molar-refractivity contribution < 1.29 is 14.4 Å². The molecular formula is C19H20N2O3. The Hall–Kier alpha value is -2.95. The number of carbonyl (C=O) groups excluding carboxylic acids is 1. The van der Waals surface area contributed by atoms with E-state index < -0.39 is 0 Å². The minimum absolute atomic E-state index is 0.0673. The molecule has 3 rings (SSSR count). The van der Waals surface area contributed by atoms with Crippen LogP contribution in [0.4, 0.5) is 5.69 Å². The van der Waals surface area contributed by atoms with Crippen molar-refractivity contribution in [3.8, 4) is 5.75 Å². The van der Waals surface area contributed by atoms with E-state index in [1.807, 2.05) is 55.6 Å². The molecule has 0 saturated carbocycles. The highest BCUT2D eigenvalue weighted by molar-refractivity contribution is 5.96. The number of rotatable bonds is 5. The summed E-state index contributed by atoms with van der Waals surface area (Å²) in [6.07, 6.45) is 2.13. The fraction of sp³-hybridized carbons (Fsp3) is 0.211. The number of benzene rings is 2. The van der Waals surface area contributed by atoms with Gasteiger partial charge in [-0.2, -0.15) is 4.73 Å². The van der Waals surface area contributed by atoms with E-state index in [4.69, 9.17) is 9.57 Å². The minimum atomic E-state index is -0.0673. The lowest BCUT2D eigenvalue weighted by atomic mass is 10.1. The third-order valence-electron chi connectivity index (χ3n) is 4.02. The standard InChI is InChI=1S/C19H20N2O3/c1-13-10-15(23-2)8-9-17(13)20-19(22)11-14-12-21(24-3)18-7-5-4-6-16(14)18/h4-10,12H,11H2,1-3H3,(H,20,22). The van der Waals surface area contributed by atoms with E-state index in [1.165, 1.54) is 0 Å². The molecule has 0 spiro atoms. The molecule has 24 heavy (non-hydrogen) atoms. The second-order valence-corrected chi connectivity index (χ2v) is 5.59. The van der Waals surface area contributed by atoms with Crippen LogP contribution in [-0.4, -0.2) is 24.9 Å². The van der Waals surface area contributed by atoms with Crippen molar-refractivity contribution in [2.75, 3.05) is 19.5 Å². The molecule has 0 saturated heterocycles. The fourth-order valence-corrected chi connectivity index (χ4v) is 2.78. The lowest BCUT2D eigenvalue weighted by molar-refractivity contribution is -0.115. The van der Waals surface area contributed by atoms with E-state index in [0.29, 0.717) is 0 Å². The third kappa shape index (κ3) is 3.06. The van der Waals surface area contributed by atoms with Gasteiger partial charge >= 0.3 is 0 Å². The molecule has 5 heteroatoms. The normalized spacial score (nSPS) is 10.6. The number of anilines is 1. The minimum Gasteiger partial charge on any atom is -0.497 e. The Morgan fingerprint density at radius 2 is 1.96 bits per heavy atom. The number of nitrogens with zero attached hydrogens (tertiary/aromatic N) is 1. The smallest absolute Gasteiger partial charge is 0.228 e. The highest BCUT2D eigenvalue weighted by atomic mass is 16.6. The van der Waals surface area contributed by atoms with E-state index in [-0.39, 0.29) is 12.3 Å². The quantitative estimate of drug-likeness (QED) is 0.784. The summed E-state index contributed by atoms with van der Waals surface area (Å²) in [5, 5.41) is 3.97. The van der Waals surface area contributed by atoms with Gasteiger partial charge in [-0.05, 0) is 42.3 Å². The average molecular weight is 324 g/mol. The Morgan fingerprint density at radius 3 is 2.67 bits per heavy atom. The molecular weight excluding hydrogens is 304 g/mol. The van der Waals surface area contributed by atoms with E-state index >= 15 is 0 Å². The molecule has 124 valence electrons. The third-order valence-corrected chi connectivity index (χ3v) is 4.02. The molecule has 0 aliphatic rings. The molecule has 1 amide bonds. The second-order valence-electron chi connectivity index (χ2n) is 5.59. The first-order valence-corrected chi connectivity index (χ1v) is 7.70. The Morgan fingerprint density at radius 1 is 1.17 bits per heavy atom. The molecule has 1 heterocycles. The maximum atomic E-state index is 12.4. The van der Waals surface area contributed by atoms with Crippen molar-refractivity contribution in [2.45, 2.75) is 13.3 Å². The maximum absolute atomic E-state index is 12.4. The Labute approximate surface area is 140 Å². The SMILES string of the molecule is COc1ccc(NC(=O)Cc2cn(OC)c3ccccc23)c(C)c1. The summed E-state index contributed by atoms with van der Waals surface area (Å²) in [4.78, 5) is 17.8. The summed E-state index contributed by atoms with van der Waals surface area (Å²) in [6.45, 7) is 1.94.